The molecule has 0 fully saturated rings. The monoisotopic (exact) mass is 189 g/mol. The SMILES string of the molecule is NC(=O)[C@@H](N)CCCCNC(=O)O. The molecule has 0 saturated heterocycles. The fourth-order valence-corrected chi connectivity index (χ4v) is 0.827. The molecule has 6 nitrogen and oxygen atoms in total. The number of rotatable bonds is 6. The lowest BCUT2D eigenvalue weighted by atomic mass is 10.1. The van der Waals surface area contributed by atoms with Crippen LogP contribution in [0.15, 0.2) is 0 Å². The van der Waals surface area contributed by atoms with E-state index in [0.717, 1.165) is 0 Å². The third-order valence-electron chi connectivity index (χ3n) is 1.58. The maximum atomic E-state index is 10.5. The van der Waals surface area contributed by atoms with E-state index < -0.39 is 18.0 Å². The normalized spacial score (nSPS) is 12.1. The second kappa shape index (κ2) is 6.24. The van der Waals surface area contributed by atoms with Crippen molar-refractivity contribution < 1.29 is 14.7 Å². The maximum Gasteiger partial charge on any atom is 0.404 e. The molecule has 0 bridgehead atoms. The van der Waals surface area contributed by atoms with Crippen LogP contribution in [-0.2, 0) is 4.79 Å². The Balaban J connectivity index is 3.26. The quantitative estimate of drug-likeness (QED) is 0.410. The average Bonchev–Trinajstić information content (AvgIpc) is 2.02. The van der Waals surface area contributed by atoms with Crippen LogP contribution < -0.4 is 16.8 Å². The number of hydrogen-bond acceptors (Lipinski definition) is 3. The molecular formula is C7H15N3O3. The van der Waals surface area contributed by atoms with Gasteiger partial charge in [-0.3, -0.25) is 4.79 Å². The minimum atomic E-state index is -1.04. The summed E-state index contributed by atoms with van der Waals surface area (Å²) >= 11 is 0. The number of carbonyl (C=O) groups excluding carboxylic acids is 1. The van der Waals surface area contributed by atoms with Crippen molar-refractivity contribution in [3.8, 4) is 0 Å². The van der Waals surface area contributed by atoms with Gasteiger partial charge in [0.2, 0.25) is 5.91 Å². The van der Waals surface area contributed by atoms with Crippen molar-refractivity contribution in [1.29, 1.82) is 0 Å². The number of carboxylic acid groups (broad SMARTS) is 1. The first-order valence-electron chi connectivity index (χ1n) is 4.05. The van der Waals surface area contributed by atoms with E-state index in [9.17, 15) is 9.59 Å². The molecule has 0 heterocycles. The van der Waals surface area contributed by atoms with Gasteiger partial charge in [0.05, 0.1) is 6.04 Å². The standard InChI is InChI=1S/C7H15N3O3/c8-5(6(9)11)3-1-2-4-10-7(12)13/h5,10H,1-4,8H2,(H2,9,11)(H,12,13)/t5-/m0/s1. The second-order valence-corrected chi connectivity index (χ2v) is 2.74. The average molecular weight is 189 g/mol. The summed E-state index contributed by atoms with van der Waals surface area (Å²) in [4.78, 5) is 20.5. The van der Waals surface area contributed by atoms with Crippen LogP contribution in [0.1, 0.15) is 19.3 Å². The smallest absolute Gasteiger partial charge is 0.404 e. The number of nitrogens with one attached hydrogen (secondary N) is 1. The zero-order valence-electron chi connectivity index (χ0n) is 7.32. The first-order chi connectivity index (χ1) is 6.04. The van der Waals surface area contributed by atoms with Gasteiger partial charge in [-0.1, -0.05) is 0 Å². The topological polar surface area (TPSA) is 118 Å². The van der Waals surface area contributed by atoms with Gasteiger partial charge < -0.3 is 21.9 Å². The minimum absolute atomic E-state index is 0.376. The van der Waals surface area contributed by atoms with E-state index >= 15 is 0 Å². The van der Waals surface area contributed by atoms with E-state index in [0.29, 0.717) is 25.8 Å². The zero-order chi connectivity index (χ0) is 10.3. The molecule has 13 heavy (non-hydrogen) atoms. The molecule has 0 radical (unpaired) electrons. The molecule has 0 aromatic heterocycles. The van der Waals surface area contributed by atoms with Gasteiger partial charge in [-0.25, -0.2) is 4.79 Å². The molecule has 6 N–H and O–H groups in total. The summed E-state index contributed by atoms with van der Waals surface area (Å²) in [7, 11) is 0. The number of amides is 2. The molecule has 2 amide bonds. The van der Waals surface area contributed by atoms with Crippen LogP contribution in [0.3, 0.4) is 0 Å². The van der Waals surface area contributed by atoms with Crippen molar-refractivity contribution in [3.05, 3.63) is 0 Å². The van der Waals surface area contributed by atoms with E-state index in [2.05, 4.69) is 5.32 Å². The van der Waals surface area contributed by atoms with Gasteiger partial charge in [-0.2, -0.15) is 0 Å². The first kappa shape index (κ1) is 11.7. The first-order valence-corrected chi connectivity index (χ1v) is 4.05. The predicted octanol–water partition coefficient (Wildman–Crippen LogP) is -0.763. The van der Waals surface area contributed by atoms with E-state index in [1.54, 1.807) is 0 Å². The third-order valence-corrected chi connectivity index (χ3v) is 1.58. The van der Waals surface area contributed by atoms with Crippen molar-refractivity contribution in [2.45, 2.75) is 25.3 Å². The van der Waals surface area contributed by atoms with Crippen LogP contribution >= 0.6 is 0 Å². The largest absolute Gasteiger partial charge is 0.465 e. The molecule has 0 aliphatic rings. The molecule has 0 rings (SSSR count). The van der Waals surface area contributed by atoms with Crippen LogP contribution in [0, 0.1) is 0 Å². The molecule has 76 valence electrons. The van der Waals surface area contributed by atoms with Crippen molar-refractivity contribution in [2.24, 2.45) is 11.5 Å². The van der Waals surface area contributed by atoms with Crippen molar-refractivity contribution in [1.82, 2.24) is 5.32 Å². The lowest BCUT2D eigenvalue weighted by Gasteiger charge is -2.06. The molecule has 0 aromatic carbocycles. The number of unbranched alkanes of at least 4 members (excludes halogenated alkanes) is 1. The molecule has 0 aliphatic heterocycles. The minimum Gasteiger partial charge on any atom is -0.465 e. The van der Waals surface area contributed by atoms with E-state index in [-0.39, 0.29) is 0 Å². The molecule has 0 unspecified atom stereocenters. The van der Waals surface area contributed by atoms with Gasteiger partial charge in [0.15, 0.2) is 0 Å². The second-order valence-electron chi connectivity index (χ2n) is 2.74. The lowest BCUT2D eigenvalue weighted by molar-refractivity contribution is -0.119. The van der Waals surface area contributed by atoms with Crippen LogP contribution in [0.2, 0.25) is 0 Å². The van der Waals surface area contributed by atoms with E-state index in [1.807, 2.05) is 0 Å². The molecule has 0 aromatic rings. The number of nitrogens with two attached hydrogens (primary N) is 2. The van der Waals surface area contributed by atoms with Crippen LogP contribution in [0.5, 0.6) is 0 Å². The highest BCUT2D eigenvalue weighted by Gasteiger charge is 2.07. The number of hydrogen-bond donors (Lipinski definition) is 4. The highest BCUT2D eigenvalue weighted by atomic mass is 16.4. The Hall–Kier alpha value is -1.30. The summed E-state index contributed by atoms with van der Waals surface area (Å²) in [5.74, 6) is -0.522. The maximum absolute atomic E-state index is 10.5. The Kier molecular flexibility index (Phi) is 5.62. The van der Waals surface area contributed by atoms with Crippen LogP contribution in [-0.4, -0.2) is 29.7 Å². The molecule has 1 atom stereocenters. The zero-order valence-corrected chi connectivity index (χ0v) is 7.32. The highest BCUT2D eigenvalue weighted by molar-refractivity contribution is 5.79. The fourth-order valence-electron chi connectivity index (χ4n) is 0.827. The highest BCUT2D eigenvalue weighted by Crippen LogP contribution is 1.97. The van der Waals surface area contributed by atoms with Crippen molar-refractivity contribution >= 4 is 12.0 Å². The van der Waals surface area contributed by atoms with Gasteiger partial charge in [0.1, 0.15) is 0 Å². The van der Waals surface area contributed by atoms with Crippen LogP contribution in [0.25, 0.3) is 0 Å². The lowest BCUT2D eigenvalue weighted by Crippen LogP contribution is -2.36. The molecule has 0 spiro atoms. The summed E-state index contributed by atoms with van der Waals surface area (Å²) in [5, 5.41) is 10.4. The van der Waals surface area contributed by atoms with Crippen LogP contribution in [0.4, 0.5) is 4.79 Å². The summed E-state index contributed by atoms with van der Waals surface area (Å²) in [6.07, 6.45) is 0.799. The van der Waals surface area contributed by atoms with Gasteiger partial charge >= 0.3 is 6.09 Å². The van der Waals surface area contributed by atoms with Gasteiger partial charge in [-0.05, 0) is 19.3 Å². The van der Waals surface area contributed by atoms with E-state index in [1.165, 1.54) is 0 Å². The fraction of sp³-hybridized carbons (Fsp3) is 0.714. The van der Waals surface area contributed by atoms with Gasteiger partial charge in [0.25, 0.3) is 0 Å². The molecule has 0 saturated carbocycles. The summed E-state index contributed by atoms with van der Waals surface area (Å²) in [6, 6.07) is -0.621. The Labute approximate surface area is 76.3 Å². The summed E-state index contributed by atoms with van der Waals surface area (Å²) < 4.78 is 0. The summed E-state index contributed by atoms with van der Waals surface area (Å²) in [5.41, 5.74) is 10.3. The molecular weight excluding hydrogens is 174 g/mol. The third kappa shape index (κ3) is 7.07. The van der Waals surface area contributed by atoms with E-state index in [4.69, 9.17) is 16.6 Å². The Morgan fingerprint density at radius 2 is 2.00 bits per heavy atom. The number of primary amides is 1. The Morgan fingerprint density at radius 1 is 1.38 bits per heavy atom. The van der Waals surface area contributed by atoms with Crippen molar-refractivity contribution in [3.63, 3.8) is 0 Å². The van der Waals surface area contributed by atoms with Gasteiger partial charge in [-0.15, -0.1) is 0 Å². The molecule has 0 aliphatic carbocycles. The number of carbonyl (C=O) groups is 2. The molecule has 6 heteroatoms. The summed E-state index contributed by atoms with van der Waals surface area (Å²) in [6.45, 7) is 0.376. The Bertz CT molecular complexity index is 184. The Morgan fingerprint density at radius 3 is 2.46 bits per heavy atom. The predicted molar refractivity (Wildman–Crippen MR) is 47.0 cm³/mol. The van der Waals surface area contributed by atoms with Gasteiger partial charge in [0, 0.05) is 6.54 Å². The van der Waals surface area contributed by atoms with Crippen molar-refractivity contribution in [2.75, 3.05) is 6.54 Å².